The summed E-state index contributed by atoms with van der Waals surface area (Å²) < 4.78 is 1.63. The Morgan fingerprint density at radius 3 is 2.42 bits per heavy atom. The van der Waals surface area contributed by atoms with Crippen LogP contribution in [0.4, 0.5) is 0 Å². The number of aldehydes is 1. The Morgan fingerprint density at radius 2 is 1.84 bits per heavy atom. The first-order valence-electron chi connectivity index (χ1n) is 6.12. The van der Waals surface area contributed by atoms with E-state index in [4.69, 9.17) is 11.6 Å². The highest BCUT2D eigenvalue weighted by Gasteiger charge is 2.09. The van der Waals surface area contributed by atoms with Crippen molar-refractivity contribution in [1.29, 1.82) is 0 Å². The average molecular weight is 276 g/mol. The van der Waals surface area contributed by atoms with Gasteiger partial charge in [0.1, 0.15) is 0 Å². The highest BCUT2D eigenvalue weighted by atomic mass is 35.5. The van der Waals surface area contributed by atoms with Crippen molar-refractivity contribution >= 4 is 17.9 Å². The van der Waals surface area contributed by atoms with Gasteiger partial charge in [-0.15, -0.1) is 0 Å². The van der Waals surface area contributed by atoms with Gasteiger partial charge < -0.3 is 4.57 Å². The zero-order valence-corrected chi connectivity index (χ0v) is 11.4. The van der Waals surface area contributed by atoms with Crippen molar-refractivity contribution in [2.75, 3.05) is 0 Å². The molecule has 0 aliphatic rings. The summed E-state index contributed by atoms with van der Waals surface area (Å²) in [5.41, 5.74) is 1.65. The monoisotopic (exact) mass is 275 g/mol. The van der Waals surface area contributed by atoms with Gasteiger partial charge in [0.25, 0.3) is 5.56 Å². The number of rotatable bonds is 4. The molecule has 0 saturated heterocycles. The highest BCUT2D eigenvalue weighted by molar-refractivity contribution is 6.30. The second-order valence-corrected chi connectivity index (χ2v) is 4.69. The van der Waals surface area contributed by atoms with Crippen molar-refractivity contribution in [2.45, 2.75) is 19.9 Å². The Balaban J connectivity index is 2.62. The van der Waals surface area contributed by atoms with Gasteiger partial charge in [-0.3, -0.25) is 9.59 Å². The largest absolute Gasteiger partial charge is 0.308 e. The SMILES string of the molecule is CCCn1c(-c2ccc(Cl)cc2)ccc(C=O)c1=O. The van der Waals surface area contributed by atoms with Gasteiger partial charge in [-0.1, -0.05) is 30.7 Å². The van der Waals surface area contributed by atoms with Crippen LogP contribution in [0.25, 0.3) is 11.3 Å². The molecule has 0 aliphatic heterocycles. The smallest absolute Gasteiger partial charge is 0.261 e. The Labute approximate surface area is 116 Å². The van der Waals surface area contributed by atoms with Crippen LogP contribution in [0.5, 0.6) is 0 Å². The van der Waals surface area contributed by atoms with Crippen LogP contribution in [0.15, 0.2) is 41.2 Å². The molecule has 3 nitrogen and oxygen atoms in total. The third-order valence-corrected chi connectivity index (χ3v) is 3.17. The third kappa shape index (κ3) is 2.76. The van der Waals surface area contributed by atoms with Gasteiger partial charge in [-0.25, -0.2) is 0 Å². The number of hydrogen-bond acceptors (Lipinski definition) is 2. The van der Waals surface area contributed by atoms with E-state index in [1.54, 1.807) is 28.8 Å². The van der Waals surface area contributed by atoms with Gasteiger partial charge >= 0.3 is 0 Å². The Hall–Kier alpha value is -1.87. The molecule has 0 amide bonds. The minimum Gasteiger partial charge on any atom is -0.308 e. The molecule has 0 saturated carbocycles. The quantitative estimate of drug-likeness (QED) is 0.802. The molecule has 0 bridgehead atoms. The molecule has 1 aromatic heterocycles. The second kappa shape index (κ2) is 5.85. The predicted molar refractivity (Wildman–Crippen MR) is 76.8 cm³/mol. The zero-order valence-electron chi connectivity index (χ0n) is 10.6. The van der Waals surface area contributed by atoms with Crippen LogP contribution >= 0.6 is 11.6 Å². The van der Waals surface area contributed by atoms with E-state index in [0.717, 1.165) is 17.7 Å². The van der Waals surface area contributed by atoms with Crippen molar-refractivity contribution in [3.63, 3.8) is 0 Å². The number of nitrogens with zero attached hydrogens (tertiary/aromatic N) is 1. The number of aromatic nitrogens is 1. The first-order chi connectivity index (χ1) is 9.17. The van der Waals surface area contributed by atoms with Gasteiger partial charge in [0.15, 0.2) is 6.29 Å². The number of pyridine rings is 1. The lowest BCUT2D eigenvalue weighted by Gasteiger charge is -2.12. The number of carbonyl (C=O) groups excluding carboxylic acids is 1. The fourth-order valence-corrected chi connectivity index (χ4v) is 2.13. The van der Waals surface area contributed by atoms with E-state index < -0.39 is 0 Å². The van der Waals surface area contributed by atoms with Gasteiger partial charge in [-0.2, -0.15) is 0 Å². The van der Waals surface area contributed by atoms with Crippen LogP contribution in [-0.4, -0.2) is 10.9 Å². The molecule has 19 heavy (non-hydrogen) atoms. The van der Waals surface area contributed by atoms with Gasteiger partial charge in [0.05, 0.1) is 11.3 Å². The van der Waals surface area contributed by atoms with Gasteiger partial charge in [0.2, 0.25) is 0 Å². The van der Waals surface area contributed by atoms with E-state index in [1.807, 2.05) is 19.1 Å². The average Bonchev–Trinajstić information content (AvgIpc) is 2.42. The molecule has 98 valence electrons. The first-order valence-corrected chi connectivity index (χ1v) is 6.50. The number of carbonyl (C=O) groups is 1. The summed E-state index contributed by atoms with van der Waals surface area (Å²) in [5, 5.41) is 0.651. The molecule has 0 spiro atoms. The lowest BCUT2D eigenvalue weighted by atomic mass is 10.1. The highest BCUT2D eigenvalue weighted by Crippen LogP contribution is 2.21. The van der Waals surface area contributed by atoms with Gasteiger partial charge in [-0.05, 0) is 36.2 Å². The molecule has 0 N–H and O–H groups in total. The Bertz CT molecular complexity index is 644. The van der Waals surface area contributed by atoms with Crippen LogP contribution in [-0.2, 0) is 6.54 Å². The van der Waals surface area contributed by atoms with E-state index in [2.05, 4.69) is 0 Å². The molecule has 0 unspecified atom stereocenters. The second-order valence-electron chi connectivity index (χ2n) is 4.26. The molecule has 0 radical (unpaired) electrons. The van der Waals surface area contributed by atoms with Crippen LogP contribution in [0, 0.1) is 0 Å². The standard InChI is InChI=1S/C15H14ClNO2/c1-2-9-17-14(8-5-12(10-18)15(17)19)11-3-6-13(16)7-4-11/h3-8,10H,2,9H2,1H3. The fourth-order valence-electron chi connectivity index (χ4n) is 2.00. The number of benzene rings is 1. The maximum Gasteiger partial charge on any atom is 0.261 e. The first kappa shape index (κ1) is 13.6. The molecule has 1 aromatic carbocycles. The Kier molecular flexibility index (Phi) is 4.17. The fraction of sp³-hybridized carbons (Fsp3) is 0.200. The number of hydrogen-bond donors (Lipinski definition) is 0. The molecular weight excluding hydrogens is 262 g/mol. The third-order valence-electron chi connectivity index (χ3n) is 2.92. The summed E-state index contributed by atoms with van der Waals surface area (Å²) in [6.07, 6.45) is 1.42. The topological polar surface area (TPSA) is 39.1 Å². The van der Waals surface area contributed by atoms with Crippen molar-refractivity contribution in [2.24, 2.45) is 0 Å². The normalized spacial score (nSPS) is 10.4. The molecule has 2 aromatic rings. The molecular formula is C15H14ClNO2. The molecule has 1 heterocycles. The minimum atomic E-state index is -0.246. The summed E-state index contributed by atoms with van der Waals surface area (Å²) >= 11 is 5.86. The van der Waals surface area contributed by atoms with Crippen LogP contribution < -0.4 is 5.56 Å². The maximum absolute atomic E-state index is 12.2. The molecule has 0 atom stereocenters. The van der Waals surface area contributed by atoms with E-state index in [0.29, 0.717) is 17.9 Å². The Morgan fingerprint density at radius 1 is 1.16 bits per heavy atom. The molecule has 0 fully saturated rings. The van der Waals surface area contributed by atoms with Gasteiger partial charge in [0, 0.05) is 11.6 Å². The van der Waals surface area contributed by atoms with Crippen LogP contribution in [0.1, 0.15) is 23.7 Å². The van der Waals surface area contributed by atoms with Crippen molar-refractivity contribution in [1.82, 2.24) is 4.57 Å². The summed E-state index contributed by atoms with van der Waals surface area (Å²) in [6.45, 7) is 2.57. The van der Waals surface area contributed by atoms with Crippen molar-refractivity contribution in [3.8, 4) is 11.3 Å². The molecule has 0 aliphatic carbocycles. The summed E-state index contributed by atoms with van der Waals surface area (Å²) in [6, 6.07) is 10.7. The number of halogens is 1. The summed E-state index contributed by atoms with van der Waals surface area (Å²) in [7, 11) is 0. The van der Waals surface area contributed by atoms with E-state index >= 15 is 0 Å². The lowest BCUT2D eigenvalue weighted by molar-refractivity contribution is 0.112. The maximum atomic E-state index is 12.2. The summed E-state index contributed by atoms with van der Waals surface area (Å²) in [4.78, 5) is 23.0. The lowest BCUT2D eigenvalue weighted by Crippen LogP contribution is -2.24. The van der Waals surface area contributed by atoms with Crippen molar-refractivity contribution < 1.29 is 4.79 Å². The van der Waals surface area contributed by atoms with E-state index in [1.165, 1.54) is 0 Å². The van der Waals surface area contributed by atoms with E-state index in [-0.39, 0.29) is 11.1 Å². The molecule has 2 rings (SSSR count). The summed E-state index contributed by atoms with van der Waals surface area (Å²) in [5.74, 6) is 0. The zero-order chi connectivity index (χ0) is 13.8. The van der Waals surface area contributed by atoms with Crippen molar-refractivity contribution in [3.05, 3.63) is 57.3 Å². The predicted octanol–water partition coefficient (Wildman–Crippen LogP) is 3.39. The van der Waals surface area contributed by atoms with E-state index in [9.17, 15) is 9.59 Å². The van der Waals surface area contributed by atoms with Crippen LogP contribution in [0.2, 0.25) is 5.02 Å². The molecule has 4 heteroatoms. The minimum absolute atomic E-state index is 0.186. The van der Waals surface area contributed by atoms with Crippen LogP contribution in [0.3, 0.4) is 0 Å².